The molecule has 6 N–H and O–H groups in total. The monoisotopic (exact) mass is 230 g/mol. The lowest BCUT2D eigenvalue weighted by atomic mass is 9.88. The largest absolute Gasteiger partial charge is 0.400 e. The van der Waals surface area contributed by atoms with Crippen molar-refractivity contribution < 1.29 is 30.6 Å². The Kier molecular flexibility index (Phi) is 37.8. The molecule has 0 rings (SSSR count). The van der Waals surface area contributed by atoms with Gasteiger partial charge >= 0.3 is 0 Å². The van der Waals surface area contributed by atoms with Crippen LogP contribution in [0.3, 0.4) is 0 Å². The summed E-state index contributed by atoms with van der Waals surface area (Å²) >= 11 is 0. The highest BCUT2D eigenvalue weighted by Gasteiger charge is 2.24. The lowest BCUT2D eigenvalue weighted by Gasteiger charge is -2.24. The summed E-state index contributed by atoms with van der Waals surface area (Å²) in [5.74, 6) is 0. The summed E-state index contributed by atoms with van der Waals surface area (Å²) in [6, 6.07) is 0. The molecule has 98 valence electrons. The molecule has 0 fully saturated rings. The van der Waals surface area contributed by atoms with Gasteiger partial charge in [0.05, 0.1) is 19.8 Å². The molecule has 0 amide bonds. The lowest BCUT2D eigenvalue weighted by Crippen LogP contribution is -2.32. The SMILES string of the molecule is CCC(CO)(CO)CO.CO.CO.CO. The molecule has 0 heterocycles. The molecule has 0 radical (unpaired) electrons. The zero-order valence-electron chi connectivity index (χ0n) is 10.0. The zero-order valence-corrected chi connectivity index (χ0v) is 10.0. The van der Waals surface area contributed by atoms with Crippen LogP contribution in [0.4, 0.5) is 0 Å². The summed E-state index contributed by atoms with van der Waals surface area (Å²) < 4.78 is 0. The predicted molar refractivity (Wildman–Crippen MR) is 58.4 cm³/mol. The molecule has 6 heteroatoms. The molecule has 0 aromatic carbocycles. The van der Waals surface area contributed by atoms with Gasteiger partial charge in [-0.25, -0.2) is 0 Å². The first-order valence-corrected chi connectivity index (χ1v) is 4.41. The Bertz CT molecular complexity index is 57.5. The quantitative estimate of drug-likeness (QED) is 0.338. The van der Waals surface area contributed by atoms with Crippen LogP contribution in [0.1, 0.15) is 13.3 Å². The van der Waals surface area contributed by atoms with Gasteiger partial charge in [-0.05, 0) is 6.42 Å². The Balaban J connectivity index is -0.0000000860. The van der Waals surface area contributed by atoms with Gasteiger partial charge in [-0.15, -0.1) is 0 Å². The zero-order chi connectivity index (χ0) is 13.3. The van der Waals surface area contributed by atoms with Crippen LogP contribution >= 0.6 is 0 Å². The van der Waals surface area contributed by atoms with Crippen LogP contribution in [-0.4, -0.2) is 71.8 Å². The van der Waals surface area contributed by atoms with Crippen molar-refractivity contribution in [1.29, 1.82) is 0 Å². The number of hydrogen-bond donors (Lipinski definition) is 6. The van der Waals surface area contributed by atoms with Crippen molar-refractivity contribution >= 4 is 0 Å². The van der Waals surface area contributed by atoms with Crippen LogP contribution in [0.2, 0.25) is 0 Å². The van der Waals surface area contributed by atoms with Crippen molar-refractivity contribution in [3.8, 4) is 0 Å². The normalized spacial score (nSPS) is 8.40. The molecule has 0 aliphatic carbocycles. The van der Waals surface area contributed by atoms with E-state index in [-0.39, 0.29) is 19.8 Å². The minimum atomic E-state index is -0.667. The number of rotatable bonds is 4. The summed E-state index contributed by atoms with van der Waals surface area (Å²) in [5, 5.41) is 47.0. The van der Waals surface area contributed by atoms with Crippen molar-refractivity contribution in [1.82, 2.24) is 0 Å². The second-order valence-electron chi connectivity index (χ2n) is 2.33. The molecule has 0 bridgehead atoms. The fraction of sp³-hybridized carbons (Fsp3) is 1.00. The minimum absolute atomic E-state index is 0.156. The van der Waals surface area contributed by atoms with Crippen molar-refractivity contribution in [2.45, 2.75) is 13.3 Å². The van der Waals surface area contributed by atoms with Crippen LogP contribution in [0, 0.1) is 5.41 Å². The van der Waals surface area contributed by atoms with Crippen molar-refractivity contribution in [2.24, 2.45) is 5.41 Å². The van der Waals surface area contributed by atoms with Crippen LogP contribution in [0.15, 0.2) is 0 Å². The third-order valence-corrected chi connectivity index (χ3v) is 1.76. The summed E-state index contributed by atoms with van der Waals surface area (Å²) in [6.07, 6.45) is 0.594. The smallest absolute Gasteiger partial charge is 0.0531 e. The number of aliphatic hydroxyl groups is 6. The summed E-state index contributed by atoms with van der Waals surface area (Å²) in [7, 11) is 3.00. The summed E-state index contributed by atoms with van der Waals surface area (Å²) in [5.41, 5.74) is -0.667. The topological polar surface area (TPSA) is 121 Å². The van der Waals surface area contributed by atoms with E-state index in [0.29, 0.717) is 6.42 Å². The highest BCUT2D eigenvalue weighted by molar-refractivity contribution is 4.74. The molecule has 0 atom stereocenters. The van der Waals surface area contributed by atoms with E-state index >= 15 is 0 Å². The maximum atomic E-state index is 8.66. The van der Waals surface area contributed by atoms with Crippen LogP contribution in [0.25, 0.3) is 0 Å². The van der Waals surface area contributed by atoms with Gasteiger partial charge in [0, 0.05) is 26.7 Å². The van der Waals surface area contributed by atoms with E-state index < -0.39 is 5.41 Å². The number of hydrogen-bond acceptors (Lipinski definition) is 6. The Labute approximate surface area is 91.4 Å². The first-order chi connectivity index (χ1) is 7.24. The molecule has 15 heavy (non-hydrogen) atoms. The number of aliphatic hydroxyl groups excluding tert-OH is 6. The van der Waals surface area contributed by atoms with Gasteiger partial charge in [0.2, 0.25) is 0 Å². The molecular weight excluding hydrogens is 204 g/mol. The average molecular weight is 230 g/mol. The Morgan fingerprint density at radius 3 is 0.867 bits per heavy atom. The second kappa shape index (κ2) is 23.5. The minimum Gasteiger partial charge on any atom is -0.400 e. The van der Waals surface area contributed by atoms with E-state index in [1.807, 2.05) is 6.92 Å². The van der Waals surface area contributed by atoms with E-state index in [9.17, 15) is 0 Å². The average Bonchev–Trinajstić information content (AvgIpc) is 2.40. The maximum Gasteiger partial charge on any atom is 0.0531 e. The molecule has 0 aliphatic heterocycles. The Hall–Kier alpha value is -0.240. The van der Waals surface area contributed by atoms with E-state index in [2.05, 4.69) is 0 Å². The van der Waals surface area contributed by atoms with Gasteiger partial charge in [0.15, 0.2) is 0 Å². The molecule has 0 aromatic heterocycles. The van der Waals surface area contributed by atoms with E-state index in [1.165, 1.54) is 0 Å². The van der Waals surface area contributed by atoms with Crippen LogP contribution in [0.5, 0.6) is 0 Å². The van der Waals surface area contributed by atoms with Gasteiger partial charge < -0.3 is 30.6 Å². The highest BCUT2D eigenvalue weighted by atomic mass is 16.3. The van der Waals surface area contributed by atoms with Gasteiger partial charge in [-0.3, -0.25) is 0 Å². The fourth-order valence-electron chi connectivity index (χ4n) is 0.485. The third kappa shape index (κ3) is 13.8. The van der Waals surface area contributed by atoms with E-state index in [1.54, 1.807) is 0 Å². The van der Waals surface area contributed by atoms with Crippen molar-refractivity contribution in [3.63, 3.8) is 0 Å². The molecule has 0 spiro atoms. The second-order valence-corrected chi connectivity index (χ2v) is 2.33. The first kappa shape index (κ1) is 24.1. The third-order valence-electron chi connectivity index (χ3n) is 1.76. The molecule has 6 nitrogen and oxygen atoms in total. The van der Waals surface area contributed by atoms with Crippen LogP contribution < -0.4 is 0 Å². The van der Waals surface area contributed by atoms with Crippen molar-refractivity contribution in [3.05, 3.63) is 0 Å². The van der Waals surface area contributed by atoms with Crippen molar-refractivity contribution in [2.75, 3.05) is 41.2 Å². The standard InChI is InChI=1S/C6H14O3.3CH4O/c1-2-6(3-7,4-8)5-9;3*1-2/h7-9H,2-5H2,1H3;3*2H,1H3. The van der Waals surface area contributed by atoms with Gasteiger partial charge in [0.1, 0.15) is 0 Å². The highest BCUT2D eigenvalue weighted by Crippen LogP contribution is 2.18. The fourth-order valence-corrected chi connectivity index (χ4v) is 0.485. The molecule has 0 unspecified atom stereocenters. The lowest BCUT2D eigenvalue weighted by molar-refractivity contribution is 0.00304. The van der Waals surface area contributed by atoms with Gasteiger partial charge in [0.25, 0.3) is 0 Å². The van der Waals surface area contributed by atoms with Crippen LogP contribution in [-0.2, 0) is 0 Å². The molecular formula is C9H26O6. The van der Waals surface area contributed by atoms with E-state index in [4.69, 9.17) is 30.6 Å². The first-order valence-electron chi connectivity index (χ1n) is 4.41. The summed E-state index contributed by atoms with van der Waals surface area (Å²) in [6.45, 7) is 1.35. The van der Waals surface area contributed by atoms with Gasteiger partial charge in [-0.1, -0.05) is 6.92 Å². The molecule has 0 aliphatic rings. The Morgan fingerprint density at radius 1 is 0.667 bits per heavy atom. The Morgan fingerprint density at radius 2 is 0.867 bits per heavy atom. The maximum absolute atomic E-state index is 8.66. The predicted octanol–water partition coefficient (Wildman–Crippen LogP) is -1.81. The van der Waals surface area contributed by atoms with Gasteiger partial charge in [-0.2, -0.15) is 0 Å². The van der Waals surface area contributed by atoms with E-state index in [0.717, 1.165) is 21.3 Å². The molecule has 0 aromatic rings. The molecule has 0 saturated heterocycles. The molecule has 0 saturated carbocycles. The summed E-state index contributed by atoms with van der Waals surface area (Å²) in [4.78, 5) is 0.